The highest BCUT2D eigenvalue weighted by molar-refractivity contribution is 5.73. The summed E-state index contributed by atoms with van der Waals surface area (Å²) in [5, 5.41) is 0. The van der Waals surface area contributed by atoms with Crippen molar-refractivity contribution in [2.75, 3.05) is 0 Å². The van der Waals surface area contributed by atoms with Gasteiger partial charge in [-0.3, -0.25) is 0 Å². The van der Waals surface area contributed by atoms with Gasteiger partial charge in [0.2, 0.25) is 0 Å². The highest BCUT2D eigenvalue weighted by atomic mass is 16.2. The Bertz CT molecular complexity index is 357. The van der Waals surface area contributed by atoms with Gasteiger partial charge >= 0.3 is 6.03 Å². The van der Waals surface area contributed by atoms with E-state index in [1.807, 2.05) is 58.0 Å². The molecule has 88 valence electrons. The van der Waals surface area contributed by atoms with Crippen molar-refractivity contribution in [3.63, 3.8) is 0 Å². The molecule has 0 saturated carbocycles. The third-order valence-corrected chi connectivity index (χ3v) is 2.84. The van der Waals surface area contributed by atoms with Crippen LogP contribution in [0.25, 0.3) is 0 Å². The molecule has 2 N–H and O–H groups in total. The Morgan fingerprint density at radius 3 is 2.12 bits per heavy atom. The quantitative estimate of drug-likeness (QED) is 0.836. The van der Waals surface area contributed by atoms with Crippen LogP contribution >= 0.6 is 0 Å². The molecule has 16 heavy (non-hydrogen) atoms. The Labute approximate surface area is 97.2 Å². The predicted octanol–water partition coefficient (Wildman–Crippen LogP) is 2.71. The zero-order valence-electron chi connectivity index (χ0n) is 10.4. The van der Waals surface area contributed by atoms with Gasteiger partial charge in [-0.25, -0.2) is 4.79 Å². The van der Waals surface area contributed by atoms with Gasteiger partial charge in [-0.05, 0) is 33.3 Å². The van der Waals surface area contributed by atoms with Crippen LogP contribution in [0.5, 0.6) is 0 Å². The van der Waals surface area contributed by atoms with Crippen LogP contribution in [-0.2, 0) is 5.54 Å². The van der Waals surface area contributed by atoms with Crippen molar-refractivity contribution in [3.05, 3.63) is 35.9 Å². The summed E-state index contributed by atoms with van der Waals surface area (Å²) in [6.45, 7) is 7.95. The van der Waals surface area contributed by atoms with Crippen molar-refractivity contribution in [2.45, 2.75) is 39.3 Å². The molecule has 0 unspecified atom stereocenters. The summed E-state index contributed by atoms with van der Waals surface area (Å²) in [6, 6.07) is 9.62. The second-order valence-electron chi connectivity index (χ2n) is 4.73. The summed E-state index contributed by atoms with van der Waals surface area (Å²) in [6.07, 6.45) is 0. The standard InChI is InChI=1S/C13H20N2O/c1-10(2)15(12(14)16)13(3,4)11-8-6-5-7-9-11/h5-10H,1-4H3,(H2,14,16). The van der Waals surface area contributed by atoms with Crippen LogP contribution in [-0.4, -0.2) is 17.0 Å². The van der Waals surface area contributed by atoms with Gasteiger partial charge in [0, 0.05) is 6.04 Å². The molecule has 3 heteroatoms. The average Bonchev–Trinajstić information content (AvgIpc) is 2.17. The number of rotatable bonds is 3. The largest absolute Gasteiger partial charge is 0.351 e. The fourth-order valence-corrected chi connectivity index (χ4v) is 2.16. The number of primary amides is 1. The number of nitrogens with zero attached hydrogens (tertiary/aromatic N) is 1. The van der Waals surface area contributed by atoms with Crippen molar-refractivity contribution >= 4 is 6.03 Å². The van der Waals surface area contributed by atoms with Crippen molar-refractivity contribution < 1.29 is 4.79 Å². The Balaban J connectivity index is 3.13. The first-order valence-corrected chi connectivity index (χ1v) is 5.51. The molecule has 2 amide bonds. The van der Waals surface area contributed by atoms with Crippen molar-refractivity contribution in [3.8, 4) is 0 Å². The number of carbonyl (C=O) groups is 1. The van der Waals surface area contributed by atoms with Gasteiger partial charge in [0.25, 0.3) is 0 Å². The van der Waals surface area contributed by atoms with Gasteiger partial charge in [-0.1, -0.05) is 30.3 Å². The number of nitrogens with two attached hydrogens (primary N) is 1. The summed E-state index contributed by atoms with van der Waals surface area (Å²) < 4.78 is 0. The van der Waals surface area contributed by atoms with E-state index in [1.165, 1.54) is 0 Å². The van der Waals surface area contributed by atoms with Crippen molar-refractivity contribution in [2.24, 2.45) is 5.73 Å². The van der Waals surface area contributed by atoms with E-state index in [4.69, 9.17) is 5.73 Å². The maximum Gasteiger partial charge on any atom is 0.315 e. The zero-order chi connectivity index (χ0) is 12.3. The molecular weight excluding hydrogens is 200 g/mol. The van der Waals surface area contributed by atoms with Crippen LogP contribution in [0.3, 0.4) is 0 Å². The van der Waals surface area contributed by atoms with Gasteiger partial charge in [0.05, 0.1) is 5.54 Å². The number of benzene rings is 1. The minimum absolute atomic E-state index is 0.0766. The molecule has 3 nitrogen and oxygen atoms in total. The maximum absolute atomic E-state index is 11.5. The lowest BCUT2D eigenvalue weighted by Gasteiger charge is -2.40. The Hall–Kier alpha value is -1.51. The Morgan fingerprint density at radius 2 is 1.75 bits per heavy atom. The first-order valence-electron chi connectivity index (χ1n) is 5.51. The average molecular weight is 220 g/mol. The molecule has 0 aliphatic rings. The van der Waals surface area contributed by atoms with Crippen LogP contribution in [0.15, 0.2) is 30.3 Å². The summed E-state index contributed by atoms with van der Waals surface area (Å²) in [5.41, 5.74) is 6.15. The van der Waals surface area contributed by atoms with E-state index in [-0.39, 0.29) is 17.6 Å². The van der Waals surface area contributed by atoms with Crippen LogP contribution in [0.2, 0.25) is 0 Å². The smallest absolute Gasteiger partial charge is 0.315 e. The lowest BCUT2D eigenvalue weighted by atomic mass is 9.91. The number of amides is 2. The molecule has 0 saturated heterocycles. The lowest BCUT2D eigenvalue weighted by Crippen LogP contribution is -2.51. The minimum Gasteiger partial charge on any atom is -0.351 e. The highest BCUT2D eigenvalue weighted by Gasteiger charge is 2.32. The fraction of sp³-hybridized carbons (Fsp3) is 0.462. The topological polar surface area (TPSA) is 46.3 Å². The van der Waals surface area contributed by atoms with Gasteiger partial charge < -0.3 is 10.6 Å². The van der Waals surface area contributed by atoms with Gasteiger partial charge in [-0.2, -0.15) is 0 Å². The molecule has 0 fully saturated rings. The highest BCUT2D eigenvalue weighted by Crippen LogP contribution is 2.29. The van der Waals surface area contributed by atoms with Crippen molar-refractivity contribution in [1.29, 1.82) is 0 Å². The molecule has 0 radical (unpaired) electrons. The minimum atomic E-state index is -0.388. The van der Waals surface area contributed by atoms with E-state index in [0.717, 1.165) is 5.56 Å². The molecule has 0 aliphatic carbocycles. The second kappa shape index (κ2) is 4.56. The van der Waals surface area contributed by atoms with E-state index >= 15 is 0 Å². The molecule has 0 atom stereocenters. The zero-order valence-corrected chi connectivity index (χ0v) is 10.4. The third kappa shape index (κ3) is 2.35. The van der Waals surface area contributed by atoms with Crippen molar-refractivity contribution in [1.82, 2.24) is 4.90 Å². The van der Waals surface area contributed by atoms with Gasteiger partial charge in [-0.15, -0.1) is 0 Å². The third-order valence-electron chi connectivity index (χ3n) is 2.84. The van der Waals surface area contributed by atoms with Crippen LogP contribution < -0.4 is 5.73 Å². The second-order valence-corrected chi connectivity index (χ2v) is 4.73. The molecule has 0 spiro atoms. The number of urea groups is 1. The number of hydrogen-bond acceptors (Lipinski definition) is 1. The van der Waals surface area contributed by atoms with E-state index in [2.05, 4.69) is 0 Å². The summed E-state index contributed by atoms with van der Waals surface area (Å²) in [5.74, 6) is 0. The van der Waals surface area contributed by atoms with E-state index in [1.54, 1.807) is 4.90 Å². The van der Waals surface area contributed by atoms with E-state index in [9.17, 15) is 4.79 Å². The summed E-state index contributed by atoms with van der Waals surface area (Å²) in [4.78, 5) is 13.2. The first kappa shape index (κ1) is 12.6. The Kier molecular flexibility index (Phi) is 3.58. The Morgan fingerprint density at radius 1 is 1.25 bits per heavy atom. The monoisotopic (exact) mass is 220 g/mol. The fourth-order valence-electron chi connectivity index (χ4n) is 2.16. The molecule has 0 aromatic heterocycles. The van der Waals surface area contributed by atoms with E-state index in [0.29, 0.717) is 0 Å². The van der Waals surface area contributed by atoms with Crippen LogP contribution in [0.4, 0.5) is 4.79 Å². The molecule has 1 aromatic carbocycles. The number of carbonyl (C=O) groups excluding carboxylic acids is 1. The maximum atomic E-state index is 11.5. The molecule has 1 rings (SSSR count). The lowest BCUT2D eigenvalue weighted by molar-refractivity contribution is 0.116. The summed E-state index contributed by atoms with van der Waals surface area (Å²) >= 11 is 0. The predicted molar refractivity (Wildman–Crippen MR) is 66.0 cm³/mol. The van der Waals surface area contributed by atoms with Crippen LogP contribution in [0.1, 0.15) is 33.3 Å². The normalized spacial score (nSPS) is 11.6. The molecule has 0 aliphatic heterocycles. The first-order chi connectivity index (χ1) is 7.37. The van der Waals surface area contributed by atoms with Crippen LogP contribution in [0, 0.1) is 0 Å². The molecule has 1 aromatic rings. The summed E-state index contributed by atoms with van der Waals surface area (Å²) in [7, 11) is 0. The molecule has 0 bridgehead atoms. The molecular formula is C13H20N2O. The van der Waals surface area contributed by atoms with E-state index < -0.39 is 0 Å². The molecule has 0 heterocycles. The van der Waals surface area contributed by atoms with Gasteiger partial charge in [0.15, 0.2) is 0 Å². The SMILES string of the molecule is CC(C)N(C(N)=O)C(C)(C)c1ccccc1. The number of hydrogen-bond donors (Lipinski definition) is 1. The van der Waals surface area contributed by atoms with Gasteiger partial charge in [0.1, 0.15) is 0 Å².